The number of pyridine rings is 1. The second-order valence-corrected chi connectivity index (χ2v) is 12.5. The summed E-state index contributed by atoms with van der Waals surface area (Å²) in [7, 11) is 1.90. The minimum absolute atomic E-state index is 0.0425. The molecule has 6 rings (SSSR count). The van der Waals surface area contributed by atoms with Gasteiger partial charge in [-0.05, 0) is 58.0 Å². The first kappa shape index (κ1) is 27.1. The van der Waals surface area contributed by atoms with E-state index in [4.69, 9.17) is 15.1 Å². The molecule has 1 spiro atoms. The van der Waals surface area contributed by atoms with Crippen molar-refractivity contribution in [1.29, 1.82) is 5.26 Å². The molecule has 1 N–H and O–H groups in total. The number of hydrogen-bond donors (Lipinski definition) is 1. The highest BCUT2D eigenvalue weighted by molar-refractivity contribution is 7.16. The molecule has 1 aromatic carbocycles. The van der Waals surface area contributed by atoms with Gasteiger partial charge in [0.1, 0.15) is 33.9 Å². The van der Waals surface area contributed by atoms with E-state index in [0.717, 1.165) is 35.7 Å². The molecular weight excluding hydrogens is 543 g/mol. The highest BCUT2D eigenvalue weighted by Gasteiger charge is 2.54. The molecule has 41 heavy (non-hydrogen) atoms. The van der Waals surface area contributed by atoms with Crippen LogP contribution in [0.4, 0.5) is 21.0 Å². The summed E-state index contributed by atoms with van der Waals surface area (Å²) in [6.07, 6.45) is 0. The van der Waals surface area contributed by atoms with Gasteiger partial charge in [0.15, 0.2) is 10.8 Å². The number of amides is 1. The number of benzene rings is 1. The lowest BCUT2D eigenvalue weighted by atomic mass is 9.72. The van der Waals surface area contributed by atoms with Gasteiger partial charge in [0, 0.05) is 50.7 Å². The Labute approximate surface area is 241 Å². The average Bonchev–Trinajstić information content (AvgIpc) is 3.47. The molecule has 0 unspecified atom stereocenters. The number of fused-ring (bicyclic) bond motifs is 1. The average molecular weight is 575 g/mol. The summed E-state index contributed by atoms with van der Waals surface area (Å²) in [5.41, 5.74) is 2.41. The highest BCUT2D eigenvalue weighted by Crippen LogP contribution is 2.45. The van der Waals surface area contributed by atoms with Crippen LogP contribution in [0, 0.1) is 29.5 Å². The van der Waals surface area contributed by atoms with Crippen molar-refractivity contribution in [3.05, 3.63) is 46.7 Å². The van der Waals surface area contributed by atoms with Crippen LogP contribution in [0.1, 0.15) is 31.3 Å². The maximum absolute atomic E-state index is 13.5. The van der Waals surface area contributed by atoms with Gasteiger partial charge in [0.05, 0.1) is 16.8 Å². The molecule has 1 amide bonds. The summed E-state index contributed by atoms with van der Waals surface area (Å²) < 4.78 is 15.4. The maximum Gasteiger partial charge on any atom is 0.253 e. The molecular formula is C29H31FN8O2S. The fourth-order valence-corrected chi connectivity index (χ4v) is 6.72. The molecule has 0 radical (unpaired) electrons. The van der Waals surface area contributed by atoms with Gasteiger partial charge in [-0.2, -0.15) is 10.4 Å². The quantitative estimate of drug-likeness (QED) is 0.367. The van der Waals surface area contributed by atoms with E-state index in [9.17, 15) is 19.6 Å². The van der Waals surface area contributed by atoms with Crippen molar-refractivity contribution in [2.45, 2.75) is 39.8 Å². The number of anilines is 3. The number of carbonyl (C=O) groups excluding carboxylic acids is 1. The van der Waals surface area contributed by atoms with Crippen LogP contribution in [0.25, 0.3) is 22.3 Å². The lowest BCUT2D eigenvalue weighted by Gasteiger charge is -2.61. The van der Waals surface area contributed by atoms with E-state index >= 15 is 0 Å². The van der Waals surface area contributed by atoms with Gasteiger partial charge in [-0.3, -0.25) is 4.79 Å². The number of aryl methyl sites for hydroxylation is 2. The Morgan fingerprint density at radius 1 is 1.22 bits per heavy atom. The van der Waals surface area contributed by atoms with E-state index < -0.39 is 5.60 Å². The number of hydrogen-bond acceptors (Lipinski definition) is 9. The van der Waals surface area contributed by atoms with E-state index in [0.29, 0.717) is 46.5 Å². The second kappa shape index (κ2) is 9.49. The van der Waals surface area contributed by atoms with E-state index in [2.05, 4.69) is 17.0 Å². The zero-order valence-corrected chi connectivity index (χ0v) is 24.5. The molecule has 0 aliphatic carbocycles. The predicted octanol–water partition coefficient (Wildman–Crippen LogP) is 4.08. The Kier molecular flexibility index (Phi) is 6.28. The fourth-order valence-electron chi connectivity index (χ4n) is 5.87. The predicted molar refractivity (Wildman–Crippen MR) is 156 cm³/mol. The van der Waals surface area contributed by atoms with Crippen molar-refractivity contribution in [3.63, 3.8) is 0 Å². The molecule has 2 aliphatic heterocycles. The van der Waals surface area contributed by atoms with E-state index in [1.165, 1.54) is 37.3 Å². The monoisotopic (exact) mass is 574 g/mol. The highest BCUT2D eigenvalue weighted by atomic mass is 32.1. The first-order valence-corrected chi connectivity index (χ1v) is 14.3. The lowest BCUT2D eigenvalue weighted by Crippen LogP contribution is -2.74. The third kappa shape index (κ3) is 4.49. The molecule has 12 heteroatoms. The molecule has 2 saturated heterocycles. The zero-order chi connectivity index (χ0) is 29.3. The summed E-state index contributed by atoms with van der Waals surface area (Å²) in [6, 6.07) is 10.3. The minimum atomic E-state index is -1.36. The molecule has 10 nitrogen and oxygen atoms in total. The standard InChI is InChI=1S/C29H31FN8O2S/c1-6-38-25(35(5)27-33-23(22(12-31)41-27)18-7-9-19(30)10-8-18)20-11-21(17(2)32-24(20)34-38)36-13-29(14-36)15-37(16-29)26(39)28(3,4)40/h7-11,40H,6,13-16H2,1-5H3. The number of halogens is 1. The Morgan fingerprint density at radius 3 is 2.51 bits per heavy atom. The smallest absolute Gasteiger partial charge is 0.253 e. The summed E-state index contributed by atoms with van der Waals surface area (Å²) in [6.45, 7) is 10.6. The fraction of sp³-hybridized carbons (Fsp3) is 0.414. The maximum atomic E-state index is 13.5. The van der Waals surface area contributed by atoms with Crippen LogP contribution in [0.5, 0.6) is 0 Å². The molecule has 2 aliphatic rings. The molecule has 212 valence electrons. The molecule has 0 bridgehead atoms. The van der Waals surface area contributed by atoms with E-state index in [-0.39, 0.29) is 17.1 Å². The molecule has 0 saturated carbocycles. The van der Waals surface area contributed by atoms with Gasteiger partial charge in [0.25, 0.3) is 5.91 Å². The number of carbonyl (C=O) groups is 1. The van der Waals surface area contributed by atoms with Crippen LogP contribution < -0.4 is 9.80 Å². The van der Waals surface area contributed by atoms with Crippen LogP contribution in [0.2, 0.25) is 0 Å². The summed E-state index contributed by atoms with van der Waals surface area (Å²) in [5, 5.41) is 26.1. The molecule has 0 atom stereocenters. The van der Waals surface area contributed by atoms with E-state index in [1.54, 1.807) is 17.0 Å². The van der Waals surface area contributed by atoms with Crippen molar-refractivity contribution in [2.75, 3.05) is 43.0 Å². The van der Waals surface area contributed by atoms with Crippen molar-refractivity contribution < 1.29 is 14.3 Å². The Hall–Kier alpha value is -4.08. The van der Waals surface area contributed by atoms with E-state index in [1.807, 2.05) is 30.5 Å². The zero-order valence-electron chi connectivity index (χ0n) is 23.6. The van der Waals surface area contributed by atoms with Crippen LogP contribution in [0.15, 0.2) is 30.3 Å². The van der Waals surface area contributed by atoms with Crippen LogP contribution in [0.3, 0.4) is 0 Å². The number of nitrogens with zero attached hydrogens (tertiary/aromatic N) is 8. The number of likely N-dealkylation sites (tertiary alicyclic amines) is 1. The molecule has 4 aromatic rings. The molecule has 2 fully saturated rings. The lowest BCUT2D eigenvalue weighted by molar-refractivity contribution is -0.162. The summed E-state index contributed by atoms with van der Waals surface area (Å²) in [4.78, 5) is 28.4. The van der Waals surface area contributed by atoms with Gasteiger partial charge in [-0.15, -0.1) is 0 Å². The third-order valence-corrected chi connectivity index (χ3v) is 8.90. The van der Waals surface area contributed by atoms with Crippen molar-refractivity contribution in [3.8, 4) is 17.3 Å². The largest absolute Gasteiger partial charge is 0.381 e. The van der Waals surface area contributed by atoms with Crippen LogP contribution in [-0.4, -0.2) is 74.5 Å². The van der Waals surface area contributed by atoms with Crippen molar-refractivity contribution in [1.82, 2.24) is 24.6 Å². The number of aliphatic hydroxyl groups is 1. The van der Waals surface area contributed by atoms with Gasteiger partial charge < -0.3 is 19.8 Å². The Bertz CT molecular complexity index is 1700. The van der Waals surface area contributed by atoms with Crippen molar-refractivity contribution in [2.24, 2.45) is 5.41 Å². The third-order valence-electron chi connectivity index (χ3n) is 7.86. The first-order chi connectivity index (χ1) is 19.4. The SMILES string of the molecule is CCn1nc2nc(C)c(N3CC4(CN(C(=O)C(C)(C)O)C4)C3)cc2c1N(C)c1nc(-c2ccc(F)cc2)c(C#N)s1. The first-order valence-electron chi connectivity index (χ1n) is 13.5. The van der Waals surface area contributed by atoms with Gasteiger partial charge in [-0.25, -0.2) is 19.0 Å². The second-order valence-electron chi connectivity index (χ2n) is 11.5. The molecule has 5 heterocycles. The summed E-state index contributed by atoms with van der Waals surface area (Å²) in [5.74, 6) is 0.243. The van der Waals surface area contributed by atoms with Gasteiger partial charge in [0.2, 0.25) is 0 Å². The van der Waals surface area contributed by atoms with Crippen LogP contribution >= 0.6 is 11.3 Å². The minimum Gasteiger partial charge on any atom is -0.381 e. The Balaban J connectivity index is 1.30. The number of thiazole rings is 1. The normalized spacial score (nSPS) is 16.0. The number of aromatic nitrogens is 4. The van der Waals surface area contributed by atoms with Crippen LogP contribution in [-0.2, 0) is 11.3 Å². The van der Waals surface area contributed by atoms with Gasteiger partial charge in [-0.1, -0.05) is 11.3 Å². The van der Waals surface area contributed by atoms with Gasteiger partial charge >= 0.3 is 0 Å². The summed E-state index contributed by atoms with van der Waals surface area (Å²) >= 11 is 1.27. The Morgan fingerprint density at radius 2 is 1.90 bits per heavy atom. The topological polar surface area (TPSA) is 114 Å². The van der Waals surface area contributed by atoms with Crippen molar-refractivity contribution >= 4 is 44.9 Å². The molecule has 3 aromatic heterocycles. The number of rotatable bonds is 6. The number of nitriles is 1.